The topological polar surface area (TPSA) is 64.3 Å². The standard InChI is InChI=1S/C8H7F3N2O3/c9-8(10,11)5-2-13-4(3-16-5)1-12-6(13)7(14)15/h1,5H,2-3H2,(H,14,15). The normalized spacial score (nSPS) is 20.6. The highest BCUT2D eigenvalue weighted by Gasteiger charge is 2.43. The van der Waals surface area contributed by atoms with Crippen molar-refractivity contribution in [1.29, 1.82) is 0 Å². The lowest BCUT2D eigenvalue weighted by atomic mass is 10.3. The van der Waals surface area contributed by atoms with Crippen molar-refractivity contribution in [3.05, 3.63) is 17.7 Å². The molecular weight excluding hydrogens is 229 g/mol. The minimum atomic E-state index is -4.50. The Bertz CT molecular complexity index is 427. The first kappa shape index (κ1) is 10.9. The molecule has 0 aromatic carbocycles. The molecule has 1 aromatic rings. The Hall–Kier alpha value is -1.57. The second kappa shape index (κ2) is 3.48. The lowest BCUT2D eigenvalue weighted by Crippen LogP contribution is -2.39. The van der Waals surface area contributed by atoms with Gasteiger partial charge in [-0.25, -0.2) is 9.78 Å². The van der Waals surface area contributed by atoms with Gasteiger partial charge in [0.25, 0.3) is 0 Å². The molecule has 0 saturated heterocycles. The van der Waals surface area contributed by atoms with Crippen LogP contribution in [0.15, 0.2) is 6.20 Å². The second-order valence-electron chi connectivity index (χ2n) is 3.33. The summed E-state index contributed by atoms with van der Waals surface area (Å²) in [6.07, 6.45) is -5.28. The first-order chi connectivity index (χ1) is 7.39. The number of hydrogen-bond acceptors (Lipinski definition) is 3. The summed E-state index contributed by atoms with van der Waals surface area (Å²) in [7, 11) is 0. The minimum Gasteiger partial charge on any atom is -0.475 e. The Morgan fingerprint density at radius 2 is 2.31 bits per heavy atom. The van der Waals surface area contributed by atoms with E-state index in [1.165, 1.54) is 6.20 Å². The van der Waals surface area contributed by atoms with Crippen LogP contribution in [0.25, 0.3) is 0 Å². The van der Waals surface area contributed by atoms with E-state index in [2.05, 4.69) is 9.72 Å². The van der Waals surface area contributed by atoms with E-state index in [4.69, 9.17) is 5.11 Å². The van der Waals surface area contributed by atoms with E-state index in [0.29, 0.717) is 5.69 Å². The fourth-order valence-electron chi connectivity index (χ4n) is 1.50. The van der Waals surface area contributed by atoms with Crippen LogP contribution in [0.2, 0.25) is 0 Å². The number of aromatic carboxylic acids is 1. The predicted molar refractivity (Wildman–Crippen MR) is 43.8 cm³/mol. The summed E-state index contributed by atoms with van der Waals surface area (Å²) >= 11 is 0. The molecule has 1 aliphatic rings. The number of alkyl halides is 3. The first-order valence-electron chi connectivity index (χ1n) is 4.35. The van der Waals surface area contributed by atoms with E-state index in [1.807, 2.05) is 0 Å². The molecule has 0 bridgehead atoms. The Morgan fingerprint density at radius 1 is 1.62 bits per heavy atom. The summed E-state index contributed by atoms with van der Waals surface area (Å²) in [4.78, 5) is 14.2. The average Bonchev–Trinajstić information content (AvgIpc) is 2.58. The summed E-state index contributed by atoms with van der Waals surface area (Å²) in [5.74, 6) is -1.75. The highest BCUT2D eigenvalue weighted by atomic mass is 19.4. The third-order valence-electron chi connectivity index (χ3n) is 2.28. The molecule has 0 spiro atoms. The van der Waals surface area contributed by atoms with Crippen molar-refractivity contribution in [2.24, 2.45) is 0 Å². The van der Waals surface area contributed by atoms with Gasteiger partial charge in [-0.15, -0.1) is 0 Å². The van der Waals surface area contributed by atoms with Crippen molar-refractivity contribution < 1.29 is 27.8 Å². The molecule has 2 heterocycles. The number of hydrogen-bond donors (Lipinski definition) is 1. The van der Waals surface area contributed by atoms with Crippen LogP contribution in [0.1, 0.15) is 16.3 Å². The molecule has 2 rings (SSSR count). The molecule has 0 saturated carbocycles. The Labute approximate surface area is 87.5 Å². The highest BCUT2D eigenvalue weighted by Crippen LogP contribution is 2.29. The van der Waals surface area contributed by atoms with Crippen LogP contribution in [0, 0.1) is 0 Å². The van der Waals surface area contributed by atoms with Crippen molar-refractivity contribution in [3.8, 4) is 0 Å². The SMILES string of the molecule is O=C(O)c1ncc2n1CC(C(F)(F)F)OC2. The lowest BCUT2D eigenvalue weighted by Gasteiger charge is -2.26. The number of aromatic nitrogens is 2. The van der Waals surface area contributed by atoms with E-state index < -0.39 is 30.6 Å². The van der Waals surface area contributed by atoms with E-state index >= 15 is 0 Å². The first-order valence-corrected chi connectivity index (χ1v) is 4.35. The largest absolute Gasteiger partial charge is 0.475 e. The molecule has 1 atom stereocenters. The molecular formula is C8H7F3N2O3. The number of nitrogens with zero attached hydrogens (tertiary/aromatic N) is 2. The molecule has 88 valence electrons. The molecule has 1 unspecified atom stereocenters. The summed E-state index contributed by atoms with van der Waals surface area (Å²) in [5, 5.41) is 8.71. The molecule has 0 radical (unpaired) electrons. The summed E-state index contributed by atoms with van der Waals surface area (Å²) < 4.78 is 42.7. The average molecular weight is 236 g/mol. The monoisotopic (exact) mass is 236 g/mol. The van der Waals surface area contributed by atoms with Crippen LogP contribution in [0.3, 0.4) is 0 Å². The van der Waals surface area contributed by atoms with Gasteiger partial charge in [0.2, 0.25) is 5.82 Å². The molecule has 0 aliphatic carbocycles. The predicted octanol–water partition coefficient (Wildman–Crippen LogP) is 1.04. The number of ether oxygens (including phenoxy) is 1. The van der Waals surface area contributed by atoms with Crippen LogP contribution in [-0.4, -0.2) is 32.9 Å². The fraction of sp³-hybridized carbons (Fsp3) is 0.500. The van der Waals surface area contributed by atoms with E-state index in [0.717, 1.165) is 4.57 Å². The lowest BCUT2D eigenvalue weighted by molar-refractivity contribution is -0.234. The Kier molecular flexibility index (Phi) is 2.38. The van der Waals surface area contributed by atoms with Gasteiger partial charge >= 0.3 is 12.1 Å². The van der Waals surface area contributed by atoms with Crippen molar-refractivity contribution in [1.82, 2.24) is 9.55 Å². The maximum atomic E-state index is 12.4. The number of fused-ring (bicyclic) bond motifs is 1. The van der Waals surface area contributed by atoms with Crippen molar-refractivity contribution in [2.75, 3.05) is 0 Å². The van der Waals surface area contributed by atoms with Crippen molar-refractivity contribution >= 4 is 5.97 Å². The van der Waals surface area contributed by atoms with E-state index in [-0.39, 0.29) is 6.61 Å². The van der Waals surface area contributed by atoms with Gasteiger partial charge < -0.3 is 14.4 Å². The van der Waals surface area contributed by atoms with E-state index in [1.54, 1.807) is 0 Å². The number of imidazole rings is 1. The molecule has 1 N–H and O–H groups in total. The minimum absolute atomic E-state index is 0.287. The van der Waals surface area contributed by atoms with Crippen LogP contribution < -0.4 is 0 Å². The van der Waals surface area contributed by atoms with Gasteiger partial charge in [-0.05, 0) is 0 Å². The Balaban J connectivity index is 2.31. The molecule has 16 heavy (non-hydrogen) atoms. The molecule has 8 heteroatoms. The zero-order valence-corrected chi connectivity index (χ0v) is 7.86. The van der Waals surface area contributed by atoms with Gasteiger partial charge in [0, 0.05) is 0 Å². The van der Waals surface area contributed by atoms with Gasteiger partial charge in [-0.1, -0.05) is 0 Å². The zero-order valence-electron chi connectivity index (χ0n) is 7.86. The third kappa shape index (κ3) is 1.75. The quantitative estimate of drug-likeness (QED) is 0.791. The van der Waals surface area contributed by atoms with Gasteiger partial charge in [0.1, 0.15) is 0 Å². The fourth-order valence-corrected chi connectivity index (χ4v) is 1.50. The van der Waals surface area contributed by atoms with Gasteiger partial charge in [0.15, 0.2) is 6.10 Å². The maximum Gasteiger partial charge on any atom is 0.416 e. The van der Waals surface area contributed by atoms with Gasteiger partial charge in [0.05, 0.1) is 25.0 Å². The van der Waals surface area contributed by atoms with Crippen LogP contribution in [-0.2, 0) is 17.9 Å². The summed E-state index contributed by atoms with van der Waals surface area (Å²) in [6, 6.07) is 0. The van der Waals surface area contributed by atoms with Crippen LogP contribution >= 0.6 is 0 Å². The van der Waals surface area contributed by atoms with Gasteiger partial charge in [-0.3, -0.25) is 0 Å². The molecule has 5 nitrogen and oxygen atoms in total. The third-order valence-corrected chi connectivity index (χ3v) is 2.28. The molecule has 1 aromatic heterocycles. The number of carboxylic acid groups (broad SMARTS) is 1. The van der Waals surface area contributed by atoms with Crippen molar-refractivity contribution in [2.45, 2.75) is 25.4 Å². The van der Waals surface area contributed by atoms with Crippen molar-refractivity contribution in [3.63, 3.8) is 0 Å². The maximum absolute atomic E-state index is 12.4. The van der Waals surface area contributed by atoms with Gasteiger partial charge in [-0.2, -0.15) is 13.2 Å². The second-order valence-corrected chi connectivity index (χ2v) is 3.33. The molecule has 0 amide bonds. The number of halogens is 3. The molecule has 1 aliphatic heterocycles. The number of rotatable bonds is 1. The van der Waals surface area contributed by atoms with Crippen LogP contribution in [0.5, 0.6) is 0 Å². The zero-order chi connectivity index (χ0) is 11.9. The Morgan fingerprint density at radius 3 is 2.88 bits per heavy atom. The number of carbonyl (C=O) groups is 1. The van der Waals surface area contributed by atoms with Crippen LogP contribution in [0.4, 0.5) is 13.2 Å². The summed E-state index contributed by atoms with van der Waals surface area (Å²) in [6.45, 7) is -0.856. The summed E-state index contributed by atoms with van der Waals surface area (Å²) in [5.41, 5.74) is 0.331. The molecule has 0 fully saturated rings. The highest BCUT2D eigenvalue weighted by molar-refractivity contribution is 5.83. The van der Waals surface area contributed by atoms with E-state index in [9.17, 15) is 18.0 Å². The smallest absolute Gasteiger partial charge is 0.416 e. The number of carboxylic acids is 1.